The number of carbonyl (C=O) groups is 2. The molecule has 1 aromatic rings. The summed E-state index contributed by atoms with van der Waals surface area (Å²) in [4.78, 5) is 35.6. The van der Waals surface area contributed by atoms with E-state index in [0.29, 0.717) is 5.56 Å². The molecule has 2 N–H and O–H groups in total. The molecule has 1 aromatic carbocycles. The van der Waals surface area contributed by atoms with Crippen LogP contribution in [0.4, 0.5) is 5.69 Å². The number of nitro groups is 1. The molecule has 0 aromatic heterocycles. The van der Waals surface area contributed by atoms with Crippen LogP contribution in [0.1, 0.15) is 24.9 Å². The molecule has 1 unspecified atom stereocenters. The summed E-state index contributed by atoms with van der Waals surface area (Å²) in [6, 6.07) is 4.68. The Morgan fingerprint density at radius 2 is 2.13 bits per heavy atom. The summed E-state index contributed by atoms with van der Waals surface area (Å²) in [6.45, 7) is 1.17. The maximum atomic E-state index is 12.2. The second-order valence-electron chi connectivity index (χ2n) is 5.15. The molecule has 2 rings (SSSR count). The fourth-order valence-electron chi connectivity index (χ4n) is 2.64. The summed E-state index contributed by atoms with van der Waals surface area (Å²) in [5.41, 5.74) is 0.0968. The molecule has 0 bridgehead atoms. The van der Waals surface area contributed by atoms with Crippen molar-refractivity contribution in [3.63, 3.8) is 0 Å². The quantitative estimate of drug-likeness (QED) is 0.601. The number of hydrogen-bond acceptors (Lipinski definition) is 6. The highest BCUT2D eigenvalue weighted by Gasteiger charge is 2.42. The van der Waals surface area contributed by atoms with E-state index in [9.17, 15) is 24.8 Å². The van der Waals surface area contributed by atoms with Gasteiger partial charge in [-0.05, 0) is 18.9 Å². The lowest BCUT2D eigenvalue weighted by atomic mass is 9.96. The summed E-state index contributed by atoms with van der Waals surface area (Å²) < 4.78 is 0. The monoisotopic (exact) mass is 320 g/mol. The van der Waals surface area contributed by atoms with Crippen LogP contribution >= 0.6 is 0 Å². The van der Waals surface area contributed by atoms with Gasteiger partial charge in [-0.15, -0.1) is 0 Å². The molecule has 1 aliphatic heterocycles. The van der Waals surface area contributed by atoms with Crippen molar-refractivity contribution in [2.75, 3.05) is 13.2 Å². The molecule has 1 aliphatic rings. The summed E-state index contributed by atoms with van der Waals surface area (Å²) in [7, 11) is 0. The third-order valence-electron chi connectivity index (χ3n) is 3.64. The van der Waals surface area contributed by atoms with E-state index < -0.39 is 28.4 Å². The minimum atomic E-state index is -0.897. The molecule has 23 heavy (non-hydrogen) atoms. The van der Waals surface area contributed by atoms with Crippen LogP contribution in [0.2, 0.25) is 0 Å². The molecular formula is C15H16N2O6. The van der Waals surface area contributed by atoms with Crippen LogP contribution in [0.25, 0.3) is 0 Å². The van der Waals surface area contributed by atoms with Gasteiger partial charge < -0.3 is 15.1 Å². The van der Waals surface area contributed by atoms with Crippen LogP contribution in [-0.4, -0.2) is 44.9 Å². The van der Waals surface area contributed by atoms with Crippen LogP contribution in [-0.2, 0) is 9.59 Å². The Kier molecular flexibility index (Phi) is 4.75. The van der Waals surface area contributed by atoms with Crippen molar-refractivity contribution in [3.8, 4) is 0 Å². The Morgan fingerprint density at radius 1 is 1.43 bits per heavy atom. The van der Waals surface area contributed by atoms with Crippen molar-refractivity contribution < 1.29 is 24.7 Å². The fourth-order valence-corrected chi connectivity index (χ4v) is 2.64. The van der Waals surface area contributed by atoms with Gasteiger partial charge in [0.1, 0.15) is 0 Å². The molecule has 0 radical (unpaired) electrons. The van der Waals surface area contributed by atoms with Gasteiger partial charge >= 0.3 is 0 Å². The van der Waals surface area contributed by atoms with Crippen molar-refractivity contribution in [2.45, 2.75) is 19.4 Å². The standard InChI is InChI=1S/C15H16N2O6/c1-9(19)12-13(10-4-2-5-11(8-10)17(22)23)16(6-3-7-18)15(21)14(12)20/h2,4-5,8,13,18,20H,3,6-7H2,1H3. The Hall–Kier alpha value is -2.74. The first kappa shape index (κ1) is 16.6. The molecule has 1 amide bonds. The van der Waals surface area contributed by atoms with E-state index in [1.165, 1.54) is 30.0 Å². The van der Waals surface area contributed by atoms with Crippen molar-refractivity contribution in [3.05, 3.63) is 51.3 Å². The van der Waals surface area contributed by atoms with Gasteiger partial charge in [0.15, 0.2) is 11.5 Å². The summed E-state index contributed by atoms with van der Waals surface area (Å²) in [5.74, 6) is -1.86. The maximum absolute atomic E-state index is 12.2. The minimum Gasteiger partial charge on any atom is -0.503 e. The molecule has 122 valence electrons. The zero-order valence-corrected chi connectivity index (χ0v) is 12.4. The van der Waals surface area contributed by atoms with Crippen LogP contribution in [0, 0.1) is 10.1 Å². The second-order valence-corrected chi connectivity index (χ2v) is 5.15. The highest BCUT2D eigenvalue weighted by molar-refractivity contribution is 6.08. The van der Waals surface area contributed by atoms with E-state index in [1.807, 2.05) is 0 Å². The lowest BCUT2D eigenvalue weighted by molar-refractivity contribution is -0.384. The molecule has 0 aliphatic carbocycles. The first-order valence-corrected chi connectivity index (χ1v) is 6.98. The predicted molar refractivity (Wildman–Crippen MR) is 79.6 cm³/mol. The van der Waals surface area contributed by atoms with E-state index >= 15 is 0 Å². The summed E-state index contributed by atoms with van der Waals surface area (Å²) >= 11 is 0. The highest BCUT2D eigenvalue weighted by atomic mass is 16.6. The molecule has 0 fully saturated rings. The lowest BCUT2D eigenvalue weighted by Gasteiger charge is -2.26. The number of hydrogen-bond donors (Lipinski definition) is 2. The van der Waals surface area contributed by atoms with Gasteiger partial charge in [0, 0.05) is 25.3 Å². The van der Waals surface area contributed by atoms with Crippen LogP contribution in [0.15, 0.2) is 35.6 Å². The van der Waals surface area contributed by atoms with Gasteiger partial charge in [-0.1, -0.05) is 12.1 Å². The molecule has 8 nitrogen and oxygen atoms in total. The predicted octanol–water partition coefficient (Wildman–Crippen LogP) is 1.26. The van der Waals surface area contributed by atoms with Gasteiger partial charge in [-0.25, -0.2) is 0 Å². The second kappa shape index (κ2) is 6.57. The minimum absolute atomic E-state index is 0.0894. The first-order chi connectivity index (χ1) is 10.9. The molecule has 0 saturated heterocycles. The average molecular weight is 320 g/mol. The number of aliphatic hydroxyl groups is 2. The topological polar surface area (TPSA) is 121 Å². The number of carbonyl (C=O) groups excluding carboxylic acids is 2. The van der Waals surface area contributed by atoms with E-state index in [-0.39, 0.29) is 30.8 Å². The van der Waals surface area contributed by atoms with Crippen LogP contribution in [0.3, 0.4) is 0 Å². The van der Waals surface area contributed by atoms with Crippen molar-refractivity contribution in [1.29, 1.82) is 0 Å². The number of benzene rings is 1. The number of nitrogens with zero attached hydrogens (tertiary/aromatic N) is 2. The largest absolute Gasteiger partial charge is 0.503 e. The highest BCUT2D eigenvalue weighted by Crippen LogP contribution is 2.38. The molecule has 1 atom stereocenters. The smallest absolute Gasteiger partial charge is 0.290 e. The van der Waals surface area contributed by atoms with E-state index in [2.05, 4.69) is 0 Å². The average Bonchev–Trinajstić information content (AvgIpc) is 2.77. The third kappa shape index (κ3) is 3.07. The lowest BCUT2D eigenvalue weighted by Crippen LogP contribution is -2.32. The van der Waals surface area contributed by atoms with Crippen molar-refractivity contribution >= 4 is 17.4 Å². The molecule has 1 heterocycles. The van der Waals surface area contributed by atoms with Crippen molar-refractivity contribution in [2.24, 2.45) is 0 Å². The van der Waals surface area contributed by atoms with Gasteiger partial charge in [0.25, 0.3) is 11.6 Å². The normalized spacial score (nSPS) is 17.7. The number of Topliss-reactive ketones (excluding diaryl/α,β-unsaturated/α-hetero) is 1. The zero-order valence-electron chi connectivity index (χ0n) is 12.4. The number of rotatable bonds is 6. The van der Waals surface area contributed by atoms with Gasteiger partial charge in [-0.2, -0.15) is 0 Å². The van der Waals surface area contributed by atoms with Crippen LogP contribution < -0.4 is 0 Å². The maximum Gasteiger partial charge on any atom is 0.290 e. The number of ketones is 1. The van der Waals surface area contributed by atoms with Crippen molar-refractivity contribution in [1.82, 2.24) is 4.90 Å². The first-order valence-electron chi connectivity index (χ1n) is 6.98. The van der Waals surface area contributed by atoms with E-state index in [4.69, 9.17) is 5.11 Å². The Morgan fingerprint density at radius 3 is 2.70 bits per heavy atom. The van der Waals surface area contributed by atoms with Gasteiger partial charge in [-0.3, -0.25) is 19.7 Å². The SMILES string of the molecule is CC(=O)C1=C(O)C(=O)N(CCCO)C1c1cccc([N+](=O)[O-])c1. The van der Waals surface area contributed by atoms with E-state index in [1.54, 1.807) is 6.07 Å². The molecule has 8 heteroatoms. The Labute approximate surface area is 131 Å². The number of aliphatic hydroxyl groups excluding tert-OH is 2. The number of non-ortho nitro benzene ring substituents is 1. The summed E-state index contributed by atoms with van der Waals surface area (Å²) in [5, 5.41) is 29.9. The van der Waals surface area contributed by atoms with Gasteiger partial charge in [0.2, 0.25) is 0 Å². The number of amides is 1. The zero-order chi connectivity index (χ0) is 17.1. The van der Waals surface area contributed by atoms with E-state index in [0.717, 1.165) is 0 Å². The Bertz CT molecular complexity index is 697. The van der Waals surface area contributed by atoms with Crippen LogP contribution in [0.5, 0.6) is 0 Å². The molecular weight excluding hydrogens is 304 g/mol. The van der Waals surface area contributed by atoms with Gasteiger partial charge in [0.05, 0.1) is 16.5 Å². The number of nitro benzene ring substituents is 1. The third-order valence-corrected chi connectivity index (χ3v) is 3.64. The summed E-state index contributed by atoms with van der Waals surface area (Å²) in [6.07, 6.45) is 0.260. The molecule has 0 spiro atoms. The Balaban J connectivity index is 2.52. The molecule has 0 saturated carbocycles. The fraction of sp³-hybridized carbons (Fsp3) is 0.333.